The molecule has 88 valence electrons. The Labute approximate surface area is 104 Å². The molecule has 0 aliphatic heterocycles. The lowest BCUT2D eigenvalue weighted by Crippen LogP contribution is -2.10. The maximum atomic E-state index is 6.09. The van der Waals surface area contributed by atoms with Gasteiger partial charge in [-0.15, -0.1) is 0 Å². The third-order valence-corrected chi connectivity index (χ3v) is 3.45. The Hall–Kier alpha value is -1.55. The molecule has 2 aromatic rings. The van der Waals surface area contributed by atoms with Crippen LogP contribution in [-0.2, 0) is 0 Å². The molecule has 1 aromatic carbocycles. The van der Waals surface area contributed by atoms with Crippen molar-refractivity contribution in [2.45, 2.75) is 25.2 Å². The number of hydrogen-bond donors (Lipinski definition) is 1. The van der Waals surface area contributed by atoms with Crippen molar-refractivity contribution in [1.29, 1.82) is 0 Å². The molecule has 1 heterocycles. The predicted octanol–water partition coefficient (Wildman–Crippen LogP) is 3.24. The molecular formula is C12H12ClN3O. The van der Waals surface area contributed by atoms with Crippen LogP contribution in [0.3, 0.4) is 0 Å². The molecule has 3 rings (SSSR count). The molecule has 0 atom stereocenters. The Morgan fingerprint density at radius 3 is 2.82 bits per heavy atom. The van der Waals surface area contributed by atoms with Crippen LogP contribution in [-0.4, -0.2) is 10.1 Å². The lowest BCUT2D eigenvalue weighted by Gasteiger charge is -2.20. The summed E-state index contributed by atoms with van der Waals surface area (Å²) in [7, 11) is 0. The first-order valence-electron chi connectivity index (χ1n) is 5.63. The summed E-state index contributed by atoms with van der Waals surface area (Å²) in [6.07, 6.45) is 3.54. The van der Waals surface area contributed by atoms with Crippen LogP contribution in [0.15, 0.2) is 22.7 Å². The smallest absolute Gasteiger partial charge is 0.259 e. The van der Waals surface area contributed by atoms with Gasteiger partial charge >= 0.3 is 0 Å². The highest BCUT2D eigenvalue weighted by Gasteiger charge is 2.25. The highest BCUT2D eigenvalue weighted by Crippen LogP contribution is 2.36. The lowest BCUT2D eigenvalue weighted by atomic mass is 9.85. The Balaban J connectivity index is 1.94. The summed E-state index contributed by atoms with van der Waals surface area (Å²) in [5.74, 6) is 1.72. The third kappa shape index (κ3) is 1.89. The molecular weight excluding hydrogens is 238 g/mol. The number of rotatable bonds is 2. The second-order valence-electron chi connectivity index (χ2n) is 4.32. The fraction of sp³-hybridized carbons (Fsp3) is 0.333. The van der Waals surface area contributed by atoms with E-state index in [2.05, 4.69) is 10.1 Å². The molecule has 1 fully saturated rings. The molecule has 0 bridgehead atoms. The molecule has 1 aromatic heterocycles. The van der Waals surface area contributed by atoms with Gasteiger partial charge in [0.05, 0.1) is 10.6 Å². The number of aromatic nitrogens is 2. The number of nitrogens with zero attached hydrogens (tertiary/aromatic N) is 2. The number of benzene rings is 1. The first-order valence-corrected chi connectivity index (χ1v) is 6.01. The highest BCUT2D eigenvalue weighted by atomic mass is 35.5. The molecule has 0 saturated heterocycles. The quantitative estimate of drug-likeness (QED) is 0.830. The van der Waals surface area contributed by atoms with E-state index in [1.807, 2.05) is 0 Å². The minimum absolute atomic E-state index is 0.458. The predicted molar refractivity (Wildman–Crippen MR) is 65.7 cm³/mol. The summed E-state index contributed by atoms with van der Waals surface area (Å²) < 4.78 is 5.24. The normalized spacial score (nSPS) is 15.8. The standard InChI is InChI=1S/C12H12ClN3O/c13-10-6-8(14)4-5-9(10)12-15-11(16-17-12)7-2-1-3-7/h4-7H,1-3,14H2. The summed E-state index contributed by atoms with van der Waals surface area (Å²) in [4.78, 5) is 4.39. The fourth-order valence-electron chi connectivity index (χ4n) is 1.88. The first kappa shape index (κ1) is 10.6. The van der Waals surface area contributed by atoms with Crippen molar-refractivity contribution >= 4 is 17.3 Å². The van der Waals surface area contributed by atoms with E-state index in [1.54, 1.807) is 18.2 Å². The van der Waals surface area contributed by atoms with Gasteiger partial charge in [0.15, 0.2) is 5.82 Å². The van der Waals surface area contributed by atoms with Gasteiger partial charge in [-0.2, -0.15) is 4.98 Å². The van der Waals surface area contributed by atoms with E-state index in [9.17, 15) is 0 Å². The topological polar surface area (TPSA) is 64.9 Å². The van der Waals surface area contributed by atoms with E-state index in [0.717, 1.165) is 24.2 Å². The lowest BCUT2D eigenvalue weighted by molar-refractivity contribution is 0.366. The van der Waals surface area contributed by atoms with Crippen LogP contribution in [0.2, 0.25) is 5.02 Å². The summed E-state index contributed by atoms with van der Waals surface area (Å²) in [6.45, 7) is 0. The van der Waals surface area contributed by atoms with Gasteiger partial charge in [0.1, 0.15) is 0 Å². The Kier molecular flexibility index (Phi) is 2.52. The van der Waals surface area contributed by atoms with Gasteiger partial charge in [-0.1, -0.05) is 23.2 Å². The van der Waals surface area contributed by atoms with Crippen LogP contribution in [0.4, 0.5) is 5.69 Å². The molecule has 4 nitrogen and oxygen atoms in total. The van der Waals surface area contributed by atoms with Crippen molar-refractivity contribution in [3.63, 3.8) is 0 Å². The molecule has 1 aliphatic rings. The Bertz CT molecular complexity index is 548. The molecule has 5 heteroatoms. The molecule has 1 saturated carbocycles. The zero-order valence-corrected chi connectivity index (χ0v) is 9.94. The number of nitrogens with two attached hydrogens (primary N) is 1. The molecule has 0 amide bonds. The minimum Gasteiger partial charge on any atom is -0.399 e. The van der Waals surface area contributed by atoms with Crippen molar-refractivity contribution in [2.75, 3.05) is 5.73 Å². The largest absolute Gasteiger partial charge is 0.399 e. The van der Waals surface area contributed by atoms with Crippen LogP contribution in [0.1, 0.15) is 31.0 Å². The highest BCUT2D eigenvalue weighted by molar-refractivity contribution is 6.33. The van der Waals surface area contributed by atoms with Crippen molar-refractivity contribution in [1.82, 2.24) is 10.1 Å². The van der Waals surface area contributed by atoms with Crippen LogP contribution in [0.25, 0.3) is 11.5 Å². The van der Waals surface area contributed by atoms with Gasteiger partial charge in [-0.05, 0) is 31.0 Å². The second kappa shape index (κ2) is 4.04. The van der Waals surface area contributed by atoms with Crippen molar-refractivity contribution in [3.8, 4) is 11.5 Å². The summed E-state index contributed by atoms with van der Waals surface area (Å²) in [5, 5.41) is 4.54. The zero-order chi connectivity index (χ0) is 11.8. The van der Waals surface area contributed by atoms with E-state index in [-0.39, 0.29) is 0 Å². The van der Waals surface area contributed by atoms with Crippen LogP contribution in [0, 0.1) is 0 Å². The molecule has 17 heavy (non-hydrogen) atoms. The minimum atomic E-state index is 0.458. The number of nitrogen functional groups attached to an aromatic ring is 1. The number of hydrogen-bond acceptors (Lipinski definition) is 4. The molecule has 0 radical (unpaired) electrons. The monoisotopic (exact) mass is 249 g/mol. The fourth-order valence-corrected chi connectivity index (χ4v) is 2.15. The molecule has 0 unspecified atom stereocenters. The van der Waals surface area contributed by atoms with Crippen molar-refractivity contribution < 1.29 is 4.52 Å². The van der Waals surface area contributed by atoms with Crippen LogP contribution < -0.4 is 5.73 Å². The summed E-state index contributed by atoms with van der Waals surface area (Å²) in [6, 6.07) is 5.26. The molecule has 2 N–H and O–H groups in total. The summed E-state index contributed by atoms with van der Waals surface area (Å²) >= 11 is 6.09. The van der Waals surface area contributed by atoms with E-state index < -0.39 is 0 Å². The number of halogens is 1. The Morgan fingerprint density at radius 1 is 1.35 bits per heavy atom. The van der Waals surface area contributed by atoms with Crippen molar-refractivity contribution in [3.05, 3.63) is 29.0 Å². The molecule has 1 aliphatic carbocycles. The maximum absolute atomic E-state index is 6.09. The van der Waals surface area contributed by atoms with Gasteiger partial charge in [-0.3, -0.25) is 0 Å². The average Bonchev–Trinajstić information content (AvgIpc) is 2.64. The van der Waals surface area contributed by atoms with E-state index in [4.69, 9.17) is 21.9 Å². The van der Waals surface area contributed by atoms with Gasteiger partial charge < -0.3 is 10.3 Å². The zero-order valence-electron chi connectivity index (χ0n) is 9.19. The van der Waals surface area contributed by atoms with Gasteiger partial charge in [0, 0.05) is 11.6 Å². The SMILES string of the molecule is Nc1ccc(-c2nc(C3CCC3)no2)c(Cl)c1. The van der Waals surface area contributed by atoms with Gasteiger partial charge in [0.25, 0.3) is 5.89 Å². The van der Waals surface area contributed by atoms with E-state index in [1.165, 1.54) is 6.42 Å². The van der Waals surface area contributed by atoms with E-state index in [0.29, 0.717) is 22.5 Å². The van der Waals surface area contributed by atoms with Crippen LogP contribution in [0.5, 0.6) is 0 Å². The van der Waals surface area contributed by atoms with Gasteiger partial charge in [-0.25, -0.2) is 0 Å². The average molecular weight is 250 g/mol. The van der Waals surface area contributed by atoms with Crippen molar-refractivity contribution in [2.24, 2.45) is 0 Å². The maximum Gasteiger partial charge on any atom is 0.259 e. The molecule has 0 spiro atoms. The number of anilines is 1. The summed E-state index contributed by atoms with van der Waals surface area (Å²) in [5.41, 5.74) is 7.00. The van der Waals surface area contributed by atoms with Gasteiger partial charge in [0.2, 0.25) is 0 Å². The third-order valence-electron chi connectivity index (χ3n) is 3.14. The first-order chi connectivity index (χ1) is 8.24. The van der Waals surface area contributed by atoms with E-state index >= 15 is 0 Å². The van der Waals surface area contributed by atoms with Crippen LogP contribution >= 0.6 is 11.6 Å². The Morgan fingerprint density at radius 2 is 2.18 bits per heavy atom. The second-order valence-corrected chi connectivity index (χ2v) is 4.73.